The van der Waals surface area contributed by atoms with Crippen LogP contribution in [0.4, 0.5) is 0 Å². The van der Waals surface area contributed by atoms with Gasteiger partial charge in [0.15, 0.2) is 0 Å². The van der Waals surface area contributed by atoms with Gasteiger partial charge in [-0.15, -0.1) is 23.1 Å². The molecule has 1 fully saturated rings. The van der Waals surface area contributed by atoms with Gasteiger partial charge in [0.2, 0.25) is 5.91 Å². The third-order valence-corrected chi connectivity index (χ3v) is 6.87. The minimum atomic E-state index is -0.789. The van der Waals surface area contributed by atoms with Gasteiger partial charge in [-0.1, -0.05) is 6.92 Å². The number of nitrogens with one attached hydrogen (secondary N) is 1. The molecule has 7 heteroatoms. The number of fused-ring (bicyclic) bond motifs is 1. The van der Waals surface area contributed by atoms with E-state index >= 15 is 0 Å². The Morgan fingerprint density at radius 1 is 1.43 bits per heavy atom. The monoisotopic (exact) mass is 354 g/mol. The zero-order chi connectivity index (χ0) is 16.4. The van der Waals surface area contributed by atoms with Crippen molar-refractivity contribution in [2.24, 2.45) is 0 Å². The number of likely N-dealkylation sites (N-methyl/N-ethyl adjacent to an activating group) is 1. The van der Waals surface area contributed by atoms with Crippen molar-refractivity contribution in [3.63, 3.8) is 0 Å². The highest BCUT2D eigenvalue weighted by molar-refractivity contribution is 8.00. The number of amides is 1. The molecule has 2 N–H and O–H groups in total. The van der Waals surface area contributed by atoms with Crippen molar-refractivity contribution in [1.29, 1.82) is 0 Å². The molecule has 0 aromatic carbocycles. The van der Waals surface area contributed by atoms with E-state index in [0.717, 1.165) is 31.6 Å². The zero-order valence-corrected chi connectivity index (χ0v) is 14.8. The smallest absolute Gasteiger partial charge is 0.317 e. The fraction of sp³-hybridized carbons (Fsp3) is 0.625. The number of aliphatic carboxylic acids is 1. The van der Waals surface area contributed by atoms with Crippen molar-refractivity contribution < 1.29 is 14.7 Å². The van der Waals surface area contributed by atoms with Crippen LogP contribution in [-0.4, -0.2) is 52.8 Å². The van der Waals surface area contributed by atoms with E-state index in [1.54, 1.807) is 23.1 Å². The number of hydrogen-bond acceptors (Lipinski definition) is 5. The highest BCUT2D eigenvalue weighted by atomic mass is 32.2. The highest BCUT2D eigenvalue weighted by Crippen LogP contribution is 2.40. The number of hydrogen-bond donors (Lipinski definition) is 2. The Morgan fingerprint density at radius 3 is 2.91 bits per heavy atom. The Hall–Kier alpha value is -1.05. The van der Waals surface area contributed by atoms with Crippen molar-refractivity contribution in [3.8, 4) is 0 Å². The van der Waals surface area contributed by atoms with Gasteiger partial charge >= 0.3 is 5.97 Å². The number of aryl methyl sites for hydroxylation is 1. The molecule has 0 saturated heterocycles. The summed E-state index contributed by atoms with van der Waals surface area (Å²) in [6, 6.07) is 2.53. The van der Waals surface area contributed by atoms with Gasteiger partial charge in [0.05, 0.1) is 6.54 Å². The molecule has 1 aliphatic carbocycles. The lowest BCUT2D eigenvalue weighted by Gasteiger charge is -2.42. The number of carbonyl (C=O) groups excluding carboxylic acids is 1. The van der Waals surface area contributed by atoms with Crippen LogP contribution in [0.25, 0.3) is 0 Å². The van der Waals surface area contributed by atoms with Crippen LogP contribution in [0.2, 0.25) is 0 Å². The lowest BCUT2D eigenvalue weighted by atomic mass is 9.85. The summed E-state index contributed by atoms with van der Waals surface area (Å²) in [6.45, 7) is 2.79. The van der Waals surface area contributed by atoms with Crippen LogP contribution in [0.15, 0.2) is 11.4 Å². The summed E-state index contributed by atoms with van der Waals surface area (Å²) < 4.78 is 0. The molecule has 3 rings (SSSR count). The van der Waals surface area contributed by atoms with Crippen LogP contribution in [0.1, 0.15) is 35.5 Å². The Bertz CT molecular complexity index is 584. The largest absolute Gasteiger partial charge is 0.480 e. The number of carboxylic acid groups (broad SMARTS) is 1. The summed E-state index contributed by atoms with van der Waals surface area (Å²) in [5.74, 6) is 0.322. The first kappa shape index (κ1) is 16.8. The maximum atomic E-state index is 12.6. The summed E-state index contributed by atoms with van der Waals surface area (Å²) in [5.41, 5.74) is 1.18. The van der Waals surface area contributed by atoms with Crippen LogP contribution in [0.3, 0.4) is 0 Å². The number of thiophene rings is 1. The number of carboxylic acids is 1. The minimum absolute atomic E-state index is 0.0784. The second kappa shape index (κ2) is 7.23. The average Bonchev–Trinajstić information content (AvgIpc) is 2.96. The first-order valence-corrected chi connectivity index (χ1v) is 9.95. The van der Waals surface area contributed by atoms with E-state index < -0.39 is 5.97 Å². The van der Waals surface area contributed by atoms with Crippen LogP contribution in [0, 0.1) is 0 Å². The lowest BCUT2D eigenvalue weighted by Crippen LogP contribution is -2.55. The predicted molar refractivity (Wildman–Crippen MR) is 93.1 cm³/mol. The van der Waals surface area contributed by atoms with Crippen molar-refractivity contribution in [3.05, 3.63) is 21.9 Å². The van der Waals surface area contributed by atoms with Gasteiger partial charge in [0, 0.05) is 17.0 Å². The number of nitrogens with zero attached hydrogens (tertiary/aromatic N) is 1. The second-order valence-electron chi connectivity index (χ2n) is 6.09. The fourth-order valence-electron chi connectivity index (χ4n) is 3.32. The first-order valence-electron chi connectivity index (χ1n) is 8.02. The Morgan fingerprint density at radius 2 is 2.22 bits per heavy atom. The van der Waals surface area contributed by atoms with E-state index in [0.29, 0.717) is 0 Å². The summed E-state index contributed by atoms with van der Waals surface area (Å²) in [5, 5.41) is 14.1. The highest BCUT2D eigenvalue weighted by Gasteiger charge is 2.37. The number of carbonyl (C=O) groups is 2. The molecule has 2 aliphatic rings. The van der Waals surface area contributed by atoms with E-state index in [1.807, 2.05) is 11.8 Å². The van der Waals surface area contributed by atoms with Crippen LogP contribution < -0.4 is 5.32 Å². The molecule has 126 valence electrons. The van der Waals surface area contributed by atoms with E-state index in [1.165, 1.54) is 10.4 Å². The van der Waals surface area contributed by atoms with Gasteiger partial charge in [0.1, 0.15) is 5.25 Å². The van der Waals surface area contributed by atoms with Gasteiger partial charge in [-0.2, -0.15) is 0 Å². The standard InChI is InChI=1S/C16H22N2O3S2/c1-2-18(9-14(19)20)11-7-10(8-11)17-16(21)15-12-3-5-22-13(12)4-6-23-15/h3,5,10-11,15H,2,4,6-9H2,1H3,(H,17,21)(H,19,20). The molecule has 2 heterocycles. The normalized spacial score (nSPS) is 26.4. The third kappa shape index (κ3) is 3.72. The third-order valence-electron chi connectivity index (χ3n) is 4.63. The summed E-state index contributed by atoms with van der Waals surface area (Å²) in [7, 11) is 0. The molecule has 0 spiro atoms. The minimum Gasteiger partial charge on any atom is -0.480 e. The number of thioether (sulfide) groups is 1. The van der Waals surface area contributed by atoms with E-state index in [9.17, 15) is 9.59 Å². The van der Waals surface area contributed by atoms with Crippen LogP contribution in [-0.2, 0) is 16.0 Å². The van der Waals surface area contributed by atoms with Gasteiger partial charge in [-0.3, -0.25) is 14.5 Å². The maximum absolute atomic E-state index is 12.6. The fourth-order valence-corrected chi connectivity index (χ4v) is 5.62. The Balaban J connectivity index is 1.51. The van der Waals surface area contributed by atoms with Gasteiger partial charge < -0.3 is 10.4 Å². The lowest BCUT2D eigenvalue weighted by molar-refractivity contribution is -0.139. The summed E-state index contributed by atoms with van der Waals surface area (Å²) in [6.07, 6.45) is 2.76. The number of rotatable bonds is 6. The molecule has 1 saturated carbocycles. The van der Waals surface area contributed by atoms with Gasteiger partial charge in [-0.25, -0.2) is 0 Å². The van der Waals surface area contributed by atoms with E-state index in [4.69, 9.17) is 5.11 Å². The maximum Gasteiger partial charge on any atom is 0.317 e. The van der Waals surface area contributed by atoms with Crippen molar-refractivity contribution >= 4 is 35.0 Å². The molecule has 1 amide bonds. The summed E-state index contributed by atoms with van der Waals surface area (Å²) in [4.78, 5) is 26.7. The molecule has 1 atom stereocenters. The molecule has 23 heavy (non-hydrogen) atoms. The molecule has 0 bridgehead atoms. The average molecular weight is 354 g/mol. The van der Waals surface area contributed by atoms with Crippen molar-refractivity contribution in [2.75, 3.05) is 18.8 Å². The Labute approximate surface area is 144 Å². The van der Waals surface area contributed by atoms with Gasteiger partial charge in [0.25, 0.3) is 0 Å². The van der Waals surface area contributed by atoms with Gasteiger partial charge in [-0.05, 0) is 48.6 Å². The molecular formula is C16H22N2O3S2. The molecule has 1 aromatic heterocycles. The summed E-state index contributed by atoms with van der Waals surface area (Å²) >= 11 is 3.46. The first-order chi connectivity index (χ1) is 11.1. The topological polar surface area (TPSA) is 69.6 Å². The van der Waals surface area contributed by atoms with Crippen LogP contribution >= 0.6 is 23.1 Å². The Kier molecular flexibility index (Phi) is 5.28. The quantitative estimate of drug-likeness (QED) is 0.819. The molecule has 5 nitrogen and oxygen atoms in total. The van der Waals surface area contributed by atoms with E-state index in [-0.39, 0.29) is 29.8 Å². The molecule has 1 aromatic rings. The van der Waals surface area contributed by atoms with Crippen molar-refractivity contribution in [1.82, 2.24) is 10.2 Å². The van der Waals surface area contributed by atoms with Crippen LogP contribution in [0.5, 0.6) is 0 Å². The molecule has 0 radical (unpaired) electrons. The molecular weight excluding hydrogens is 332 g/mol. The SMILES string of the molecule is CCN(CC(=O)O)C1CC(NC(=O)C2SCCc3sccc32)C1. The zero-order valence-electron chi connectivity index (χ0n) is 13.2. The predicted octanol–water partition coefficient (Wildman–Crippen LogP) is 2.13. The molecule has 1 unspecified atom stereocenters. The van der Waals surface area contributed by atoms with E-state index in [2.05, 4.69) is 16.8 Å². The second-order valence-corrected chi connectivity index (χ2v) is 8.30. The van der Waals surface area contributed by atoms with Crippen molar-refractivity contribution in [2.45, 2.75) is 43.5 Å². The molecule has 1 aliphatic heterocycles.